The van der Waals surface area contributed by atoms with Gasteiger partial charge in [-0.1, -0.05) is 59.0 Å². The van der Waals surface area contributed by atoms with Gasteiger partial charge in [0.05, 0.1) is 11.7 Å². The molecule has 2 aromatic carbocycles. The van der Waals surface area contributed by atoms with Crippen LogP contribution in [0.2, 0.25) is 0 Å². The molecule has 2 aliphatic heterocycles. The van der Waals surface area contributed by atoms with Crippen molar-refractivity contribution in [2.45, 2.75) is 24.1 Å². The summed E-state index contributed by atoms with van der Waals surface area (Å²) < 4.78 is 0.611. The molecule has 3 amide bonds. The highest BCUT2D eigenvalue weighted by molar-refractivity contribution is 8.01. The van der Waals surface area contributed by atoms with Crippen LogP contribution in [0.1, 0.15) is 17.5 Å². The standard InChI is InChI=1S/C24H23N5O3S2/c1-15-6-8-18(9-7-15)29-13-17(12-20(29)30)22(32)25-23-26-27-24(34-23)33-14-21(31)28-11-10-16-4-2-3-5-19(16)28/h2-9,17H,10-14H2,1H3,(H,25,26,32)/t17-/m1/s1. The molecule has 0 saturated carbocycles. The van der Waals surface area contributed by atoms with Crippen LogP contribution in [0.25, 0.3) is 0 Å². The second-order valence-electron chi connectivity index (χ2n) is 8.32. The Morgan fingerprint density at radius 1 is 1.15 bits per heavy atom. The Morgan fingerprint density at radius 3 is 2.76 bits per heavy atom. The summed E-state index contributed by atoms with van der Waals surface area (Å²) in [5.41, 5.74) is 4.07. The topological polar surface area (TPSA) is 95.5 Å². The molecule has 10 heteroatoms. The number of nitrogens with zero attached hydrogens (tertiary/aromatic N) is 4. The summed E-state index contributed by atoms with van der Waals surface area (Å²) >= 11 is 2.54. The maximum Gasteiger partial charge on any atom is 0.237 e. The van der Waals surface area contributed by atoms with E-state index < -0.39 is 5.92 Å². The number of para-hydroxylation sites is 1. The minimum absolute atomic E-state index is 0.0244. The lowest BCUT2D eigenvalue weighted by atomic mass is 10.1. The average Bonchev–Trinajstić information content (AvgIpc) is 3.56. The van der Waals surface area contributed by atoms with Crippen molar-refractivity contribution in [1.29, 1.82) is 0 Å². The van der Waals surface area contributed by atoms with Gasteiger partial charge in [-0.15, -0.1) is 10.2 Å². The third-order valence-corrected chi connectivity index (χ3v) is 7.94. The van der Waals surface area contributed by atoms with Gasteiger partial charge in [0.2, 0.25) is 22.9 Å². The summed E-state index contributed by atoms with van der Waals surface area (Å²) in [7, 11) is 0. The van der Waals surface area contributed by atoms with Crippen LogP contribution in [-0.4, -0.2) is 46.8 Å². The van der Waals surface area contributed by atoms with E-state index in [1.54, 1.807) is 4.90 Å². The molecule has 5 rings (SSSR count). The molecule has 0 aliphatic carbocycles. The average molecular weight is 494 g/mol. The molecule has 2 aliphatic rings. The zero-order valence-corrected chi connectivity index (χ0v) is 20.2. The molecule has 0 unspecified atom stereocenters. The van der Waals surface area contributed by atoms with Gasteiger partial charge in [0.15, 0.2) is 4.34 Å². The first-order chi connectivity index (χ1) is 16.5. The molecule has 0 spiro atoms. The summed E-state index contributed by atoms with van der Waals surface area (Å²) in [5.74, 6) is -0.499. The number of hydrogen-bond donors (Lipinski definition) is 1. The summed E-state index contributed by atoms with van der Waals surface area (Å²) in [6.45, 7) is 3.01. The zero-order valence-electron chi connectivity index (χ0n) is 18.6. The predicted octanol–water partition coefficient (Wildman–Crippen LogP) is 3.52. The Hall–Kier alpha value is -3.24. The van der Waals surface area contributed by atoms with Gasteiger partial charge in [-0.05, 0) is 37.1 Å². The van der Waals surface area contributed by atoms with Crippen LogP contribution in [-0.2, 0) is 20.8 Å². The Kier molecular flexibility index (Phi) is 6.34. The summed E-state index contributed by atoms with van der Waals surface area (Å²) in [6.07, 6.45) is 1.03. The second-order valence-corrected chi connectivity index (χ2v) is 10.5. The van der Waals surface area contributed by atoms with Gasteiger partial charge < -0.3 is 15.1 Å². The van der Waals surface area contributed by atoms with Crippen LogP contribution in [0.5, 0.6) is 0 Å². The van der Waals surface area contributed by atoms with Gasteiger partial charge in [-0.25, -0.2) is 0 Å². The number of fused-ring (bicyclic) bond motifs is 1. The molecule has 1 atom stereocenters. The number of anilines is 3. The van der Waals surface area contributed by atoms with Crippen molar-refractivity contribution in [3.63, 3.8) is 0 Å². The fourth-order valence-corrected chi connectivity index (χ4v) is 5.81. The number of nitrogens with one attached hydrogen (secondary N) is 1. The quantitative estimate of drug-likeness (QED) is 0.417. The smallest absolute Gasteiger partial charge is 0.237 e. The van der Waals surface area contributed by atoms with E-state index in [0.29, 0.717) is 22.6 Å². The highest BCUT2D eigenvalue weighted by Gasteiger charge is 2.35. The van der Waals surface area contributed by atoms with Gasteiger partial charge in [0.25, 0.3) is 0 Å². The van der Waals surface area contributed by atoms with E-state index >= 15 is 0 Å². The Bertz CT molecular complexity index is 1240. The third-order valence-electron chi connectivity index (χ3n) is 5.99. The minimum Gasteiger partial charge on any atom is -0.312 e. The number of aryl methyl sites for hydroxylation is 1. The Morgan fingerprint density at radius 2 is 1.94 bits per heavy atom. The maximum absolute atomic E-state index is 12.7. The molecule has 3 heterocycles. The lowest BCUT2D eigenvalue weighted by Crippen LogP contribution is -2.30. The van der Waals surface area contributed by atoms with Crippen molar-refractivity contribution in [3.05, 3.63) is 59.7 Å². The first-order valence-corrected chi connectivity index (χ1v) is 12.8. The van der Waals surface area contributed by atoms with E-state index in [2.05, 4.69) is 15.5 Å². The first kappa shape index (κ1) is 22.5. The van der Waals surface area contributed by atoms with Crippen molar-refractivity contribution in [1.82, 2.24) is 10.2 Å². The normalized spacial score (nSPS) is 17.2. The highest BCUT2D eigenvalue weighted by Crippen LogP contribution is 2.31. The number of carbonyl (C=O) groups is 3. The number of benzene rings is 2. The van der Waals surface area contributed by atoms with Crippen molar-refractivity contribution >= 4 is 57.3 Å². The van der Waals surface area contributed by atoms with Gasteiger partial charge in [-0.3, -0.25) is 14.4 Å². The summed E-state index contributed by atoms with van der Waals surface area (Å²) in [4.78, 5) is 41.3. The molecule has 0 radical (unpaired) electrons. The molecule has 1 fully saturated rings. The van der Waals surface area contributed by atoms with Crippen molar-refractivity contribution in [2.24, 2.45) is 5.92 Å². The van der Waals surface area contributed by atoms with Crippen molar-refractivity contribution in [2.75, 3.05) is 34.0 Å². The SMILES string of the molecule is Cc1ccc(N2C[C@H](C(=O)Nc3nnc(SCC(=O)N4CCc5ccccc54)s3)CC2=O)cc1. The molecule has 1 N–H and O–H groups in total. The lowest BCUT2D eigenvalue weighted by molar-refractivity contribution is -0.122. The molecule has 34 heavy (non-hydrogen) atoms. The summed E-state index contributed by atoms with van der Waals surface area (Å²) in [5, 5.41) is 11.3. The number of carbonyl (C=O) groups excluding carboxylic acids is 3. The second kappa shape index (κ2) is 9.55. The van der Waals surface area contributed by atoms with Crippen LogP contribution >= 0.6 is 23.1 Å². The van der Waals surface area contributed by atoms with E-state index in [1.165, 1.54) is 28.7 Å². The first-order valence-electron chi connectivity index (χ1n) is 11.0. The van der Waals surface area contributed by atoms with Gasteiger partial charge in [0, 0.05) is 30.9 Å². The van der Waals surface area contributed by atoms with E-state index in [0.717, 1.165) is 23.4 Å². The van der Waals surface area contributed by atoms with Crippen LogP contribution in [0, 0.1) is 12.8 Å². The number of rotatable bonds is 6. The Balaban J connectivity index is 1.14. The van der Waals surface area contributed by atoms with E-state index in [-0.39, 0.29) is 29.9 Å². The lowest BCUT2D eigenvalue weighted by Gasteiger charge is -2.16. The van der Waals surface area contributed by atoms with Crippen LogP contribution in [0.3, 0.4) is 0 Å². The summed E-state index contributed by atoms with van der Waals surface area (Å²) in [6, 6.07) is 15.6. The molecule has 174 valence electrons. The van der Waals surface area contributed by atoms with E-state index in [9.17, 15) is 14.4 Å². The minimum atomic E-state index is -0.453. The highest BCUT2D eigenvalue weighted by atomic mass is 32.2. The number of amides is 3. The predicted molar refractivity (Wildman–Crippen MR) is 133 cm³/mol. The molecule has 8 nitrogen and oxygen atoms in total. The maximum atomic E-state index is 12.7. The fourth-order valence-electron chi connectivity index (χ4n) is 4.18. The van der Waals surface area contributed by atoms with Gasteiger partial charge >= 0.3 is 0 Å². The number of aromatic nitrogens is 2. The molecule has 1 aromatic heterocycles. The largest absolute Gasteiger partial charge is 0.312 e. The Labute approximate surface area is 205 Å². The van der Waals surface area contributed by atoms with E-state index in [1.807, 2.05) is 60.4 Å². The third kappa shape index (κ3) is 4.69. The molecular formula is C24H23N5O3S2. The molecular weight excluding hydrogens is 470 g/mol. The van der Waals surface area contributed by atoms with Gasteiger partial charge in [0.1, 0.15) is 0 Å². The zero-order chi connectivity index (χ0) is 23.7. The monoisotopic (exact) mass is 493 g/mol. The molecule has 3 aromatic rings. The van der Waals surface area contributed by atoms with Crippen LogP contribution in [0.4, 0.5) is 16.5 Å². The molecule has 0 bridgehead atoms. The fraction of sp³-hybridized carbons (Fsp3) is 0.292. The number of hydrogen-bond acceptors (Lipinski definition) is 7. The molecule has 1 saturated heterocycles. The number of thioether (sulfide) groups is 1. The van der Waals surface area contributed by atoms with Crippen LogP contribution in [0.15, 0.2) is 52.9 Å². The van der Waals surface area contributed by atoms with Crippen LogP contribution < -0.4 is 15.1 Å². The van der Waals surface area contributed by atoms with Crippen molar-refractivity contribution < 1.29 is 14.4 Å². The van der Waals surface area contributed by atoms with Gasteiger partial charge in [-0.2, -0.15) is 0 Å². The van der Waals surface area contributed by atoms with Crippen molar-refractivity contribution in [3.8, 4) is 0 Å². The van der Waals surface area contributed by atoms with E-state index in [4.69, 9.17) is 0 Å².